The molecule has 0 saturated heterocycles. The third-order valence-electron chi connectivity index (χ3n) is 8.03. The molecule has 4 aliphatic carbocycles. The van der Waals surface area contributed by atoms with Crippen molar-refractivity contribution in [1.82, 2.24) is 0 Å². The molecule has 0 aromatic heterocycles. The molecule has 3 heteroatoms. The lowest BCUT2D eigenvalue weighted by molar-refractivity contribution is -0.132. The fraction of sp³-hybridized carbons (Fsp3) is 0.960. The molecule has 0 radical (unpaired) electrons. The fourth-order valence-electron chi connectivity index (χ4n) is 6.25. The highest BCUT2D eigenvalue weighted by atomic mass is 16.5. The van der Waals surface area contributed by atoms with Crippen molar-refractivity contribution in [2.75, 3.05) is 0 Å². The highest BCUT2D eigenvalue weighted by Crippen LogP contribution is 2.36. The van der Waals surface area contributed by atoms with Gasteiger partial charge in [0.05, 0.1) is 24.4 Å². The van der Waals surface area contributed by atoms with Crippen LogP contribution >= 0.6 is 0 Å². The van der Waals surface area contributed by atoms with Crippen molar-refractivity contribution >= 4 is 5.78 Å². The van der Waals surface area contributed by atoms with E-state index in [1.165, 1.54) is 64.2 Å². The van der Waals surface area contributed by atoms with Crippen molar-refractivity contribution in [3.63, 3.8) is 0 Å². The molecule has 0 N–H and O–H groups in total. The van der Waals surface area contributed by atoms with Crippen LogP contribution in [0.25, 0.3) is 0 Å². The van der Waals surface area contributed by atoms with E-state index in [4.69, 9.17) is 9.47 Å². The van der Waals surface area contributed by atoms with Crippen molar-refractivity contribution in [1.29, 1.82) is 0 Å². The van der Waals surface area contributed by atoms with Gasteiger partial charge in [0.2, 0.25) is 0 Å². The van der Waals surface area contributed by atoms with E-state index in [2.05, 4.69) is 0 Å². The van der Waals surface area contributed by atoms with Gasteiger partial charge >= 0.3 is 0 Å². The molecule has 0 aliphatic heterocycles. The van der Waals surface area contributed by atoms with Crippen molar-refractivity contribution in [2.45, 2.75) is 140 Å². The van der Waals surface area contributed by atoms with E-state index in [0.29, 0.717) is 42.0 Å². The summed E-state index contributed by atoms with van der Waals surface area (Å²) in [5.41, 5.74) is 0. The quantitative estimate of drug-likeness (QED) is 0.528. The fourth-order valence-corrected chi connectivity index (χ4v) is 6.25. The van der Waals surface area contributed by atoms with Crippen molar-refractivity contribution in [2.24, 2.45) is 11.8 Å². The van der Waals surface area contributed by atoms with Gasteiger partial charge in [-0.3, -0.25) is 4.79 Å². The zero-order valence-corrected chi connectivity index (χ0v) is 17.9. The Morgan fingerprint density at radius 3 is 1.11 bits per heavy atom. The second-order valence-corrected chi connectivity index (χ2v) is 10.1. The van der Waals surface area contributed by atoms with Crippen LogP contribution in [0.3, 0.4) is 0 Å². The Morgan fingerprint density at radius 1 is 0.429 bits per heavy atom. The molecule has 4 fully saturated rings. The van der Waals surface area contributed by atoms with Gasteiger partial charge in [0, 0.05) is 11.8 Å². The topological polar surface area (TPSA) is 35.5 Å². The molecule has 28 heavy (non-hydrogen) atoms. The summed E-state index contributed by atoms with van der Waals surface area (Å²) in [4.78, 5) is 13.1. The van der Waals surface area contributed by atoms with Crippen LogP contribution in [0.5, 0.6) is 0 Å². The van der Waals surface area contributed by atoms with Gasteiger partial charge in [0.1, 0.15) is 5.78 Å². The number of rotatable bonds is 6. The summed E-state index contributed by atoms with van der Waals surface area (Å²) >= 11 is 0. The Balaban J connectivity index is 1.14. The number of Topliss-reactive ketones (excluding diaryl/α,β-unsaturated/α-hetero) is 1. The number of carbonyl (C=O) groups is 1. The minimum absolute atomic E-state index is 0.312. The molecule has 0 atom stereocenters. The minimum atomic E-state index is 0.312. The lowest BCUT2D eigenvalue weighted by Gasteiger charge is -2.36. The van der Waals surface area contributed by atoms with E-state index in [9.17, 15) is 4.79 Å². The molecule has 4 aliphatic rings. The number of hydrogen-bond acceptors (Lipinski definition) is 3. The number of carbonyl (C=O) groups excluding carboxylic acids is 1. The van der Waals surface area contributed by atoms with Gasteiger partial charge in [-0.1, -0.05) is 38.5 Å². The van der Waals surface area contributed by atoms with Crippen LogP contribution in [-0.4, -0.2) is 30.2 Å². The molecule has 0 spiro atoms. The SMILES string of the molecule is O=C(C1CCC(OC2CCCCC2)CC1)C1CCC(OC2CCCCC2)CC1. The highest BCUT2D eigenvalue weighted by Gasteiger charge is 2.35. The monoisotopic (exact) mass is 390 g/mol. The molecular formula is C25H42O3. The van der Waals surface area contributed by atoms with Gasteiger partial charge in [-0.2, -0.15) is 0 Å². The van der Waals surface area contributed by atoms with Crippen molar-refractivity contribution < 1.29 is 14.3 Å². The van der Waals surface area contributed by atoms with Crippen molar-refractivity contribution in [3.8, 4) is 0 Å². The van der Waals surface area contributed by atoms with Crippen LogP contribution in [0, 0.1) is 11.8 Å². The predicted molar refractivity (Wildman–Crippen MR) is 112 cm³/mol. The summed E-state index contributed by atoms with van der Waals surface area (Å²) in [5.74, 6) is 1.20. The lowest BCUT2D eigenvalue weighted by atomic mass is 9.75. The summed E-state index contributed by atoms with van der Waals surface area (Å²) < 4.78 is 12.7. The first-order valence-corrected chi connectivity index (χ1v) is 12.6. The average molecular weight is 391 g/mol. The van der Waals surface area contributed by atoms with Crippen molar-refractivity contribution in [3.05, 3.63) is 0 Å². The number of ketones is 1. The molecule has 0 heterocycles. The summed E-state index contributed by atoms with van der Waals surface area (Å²) in [6, 6.07) is 0. The minimum Gasteiger partial charge on any atom is -0.375 e. The van der Waals surface area contributed by atoms with Crippen LogP contribution in [0.15, 0.2) is 0 Å². The molecular weight excluding hydrogens is 348 g/mol. The van der Waals surface area contributed by atoms with E-state index in [0.717, 1.165) is 51.4 Å². The first-order valence-electron chi connectivity index (χ1n) is 12.6. The molecule has 4 saturated carbocycles. The average Bonchev–Trinajstić information content (AvgIpc) is 2.76. The third kappa shape index (κ3) is 5.81. The smallest absolute Gasteiger partial charge is 0.139 e. The second kappa shape index (κ2) is 10.6. The zero-order chi connectivity index (χ0) is 19.2. The normalized spacial score (nSPS) is 36.3. The number of hydrogen-bond donors (Lipinski definition) is 0. The maximum absolute atomic E-state index is 13.1. The Bertz CT molecular complexity index is 420. The first kappa shape index (κ1) is 20.8. The third-order valence-corrected chi connectivity index (χ3v) is 8.03. The Labute approximate surface area is 172 Å². The highest BCUT2D eigenvalue weighted by molar-refractivity contribution is 5.83. The van der Waals surface area contributed by atoms with Crippen LogP contribution in [0.4, 0.5) is 0 Å². The van der Waals surface area contributed by atoms with Crippen LogP contribution in [0.1, 0.15) is 116 Å². The van der Waals surface area contributed by atoms with E-state index in [-0.39, 0.29) is 0 Å². The standard InChI is InChI=1S/C25H42O3/c26-25(19-11-15-23(16-12-19)27-21-7-3-1-4-8-21)20-13-17-24(18-14-20)28-22-9-5-2-6-10-22/h19-24H,1-18H2. The molecule has 160 valence electrons. The Morgan fingerprint density at radius 2 is 0.750 bits per heavy atom. The summed E-state index contributed by atoms with van der Waals surface area (Å²) in [5, 5.41) is 0. The van der Waals surface area contributed by atoms with E-state index in [1.54, 1.807) is 0 Å². The molecule has 4 rings (SSSR count). The van der Waals surface area contributed by atoms with Gasteiger partial charge in [0.15, 0.2) is 0 Å². The Kier molecular flexibility index (Phi) is 7.87. The van der Waals surface area contributed by atoms with Gasteiger partial charge in [0.25, 0.3) is 0 Å². The predicted octanol–water partition coefficient (Wildman–Crippen LogP) is 6.37. The molecule has 0 aromatic carbocycles. The maximum atomic E-state index is 13.1. The molecule has 0 amide bonds. The second-order valence-electron chi connectivity index (χ2n) is 10.1. The summed E-state index contributed by atoms with van der Waals surface area (Å²) in [7, 11) is 0. The maximum Gasteiger partial charge on any atom is 0.139 e. The van der Waals surface area contributed by atoms with E-state index >= 15 is 0 Å². The lowest BCUT2D eigenvalue weighted by Crippen LogP contribution is -2.35. The largest absolute Gasteiger partial charge is 0.375 e. The van der Waals surface area contributed by atoms with Crippen LogP contribution < -0.4 is 0 Å². The van der Waals surface area contributed by atoms with E-state index in [1.807, 2.05) is 0 Å². The summed E-state index contributed by atoms with van der Waals surface area (Å²) in [6.07, 6.45) is 23.7. The van der Waals surface area contributed by atoms with Gasteiger partial charge in [-0.25, -0.2) is 0 Å². The molecule has 0 unspecified atom stereocenters. The zero-order valence-electron chi connectivity index (χ0n) is 17.9. The molecule has 0 aromatic rings. The summed E-state index contributed by atoms with van der Waals surface area (Å²) in [6.45, 7) is 0. The first-order chi connectivity index (χ1) is 13.8. The van der Waals surface area contributed by atoms with Crippen LogP contribution in [-0.2, 0) is 14.3 Å². The molecule has 3 nitrogen and oxygen atoms in total. The molecule has 0 bridgehead atoms. The van der Waals surface area contributed by atoms with Crippen LogP contribution in [0.2, 0.25) is 0 Å². The Hall–Kier alpha value is -0.410. The van der Waals surface area contributed by atoms with Gasteiger partial charge < -0.3 is 9.47 Å². The number of ether oxygens (including phenoxy) is 2. The van der Waals surface area contributed by atoms with Gasteiger partial charge in [-0.05, 0) is 77.0 Å². The van der Waals surface area contributed by atoms with Gasteiger partial charge in [-0.15, -0.1) is 0 Å². The van der Waals surface area contributed by atoms with E-state index < -0.39 is 0 Å².